The zero-order valence-electron chi connectivity index (χ0n) is 20.4. The molecule has 0 aliphatic carbocycles. The molecule has 1 atom stereocenters. The first-order valence-corrected chi connectivity index (χ1v) is 12.8. The number of halogens is 1. The highest BCUT2D eigenvalue weighted by Gasteiger charge is 2.21. The van der Waals surface area contributed by atoms with Gasteiger partial charge in [0.25, 0.3) is 5.91 Å². The monoisotopic (exact) mass is 529 g/mol. The van der Waals surface area contributed by atoms with Crippen LogP contribution in [0.2, 0.25) is 5.02 Å². The Bertz CT molecular complexity index is 1250. The van der Waals surface area contributed by atoms with Crippen molar-refractivity contribution >= 4 is 46.8 Å². The second kappa shape index (κ2) is 12.5. The molecule has 0 radical (unpaired) electrons. The van der Waals surface area contributed by atoms with Gasteiger partial charge in [0.15, 0.2) is 11.0 Å². The average Bonchev–Trinajstić information content (AvgIpc) is 3.26. The number of amides is 2. The van der Waals surface area contributed by atoms with E-state index in [4.69, 9.17) is 16.3 Å². The lowest BCUT2D eigenvalue weighted by Crippen LogP contribution is -2.29. The van der Waals surface area contributed by atoms with E-state index in [2.05, 4.69) is 20.8 Å². The van der Waals surface area contributed by atoms with Crippen molar-refractivity contribution in [3.63, 3.8) is 0 Å². The van der Waals surface area contributed by atoms with Gasteiger partial charge in [-0.1, -0.05) is 41.6 Å². The number of anilines is 1. The van der Waals surface area contributed by atoms with Crippen molar-refractivity contribution in [3.8, 4) is 0 Å². The largest absolute Gasteiger partial charge is 0.459 e. The lowest BCUT2D eigenvalue weighted by Gasteiger charge is -2.15. The molecule has 3 aromatic rings. The molecule has 190 valence electrons. The van der Waals surface area contributed by atoms with Gasteiger partial charge in [-0.2, -0.15) is 0 Å². The van der Waals surface area contributed by atoms with Crippen LogP contribution in [0.3, 0.4) is 0 Å². The summed E-state index contributed by atoms with van der Waals surface area (Å²) in [6.45, 7) is 7.84. The SMILES string of the molecule is CCn1c(SCC(=O)Nc2cccc(C(=O)OC(C)C)c2)nnc1[C@H](C)NC(=O)c1ccccc1Cl. The number of ether oxygens (including phenoxy) is 1. The van der Waals surface area contributed by atoms with Crippen molar-refractivity contribution < 1.29 is 19.1 Å². The van der Waals surface area contributed by atoms with Crippen LogP contribution in [0.1, 0.15) is 60.3 Å². The van der Waals surface area contributed by atoms with Gasteiger partial charge in [0.05, 0.1) is 34.0 Å². The minimum atomic E-state index is -0.449. The summed E-state index contributed by atoms with van der Waals surface area (Å²) in [6.07, 6.45) is -0.236. The molecule has 9 nitrogen and oxygen atoms in total. The predicted octanol–water partition coefficient (Wildman–Crippen LogP) is 4.74. The van der Waals surface area contributed by atoms with Gasteiger partial charge in [0, 0.05) is 12.2 Å². The van der Waals surface area contributed by atoms with E-state index in [9.17, 15) is 14.4 Å². The molecule has 36 heavy (non-hydrogen) atoms. The fourth-order valence-corrected chi connectivity index (χ4v) is 4.37. The van der Waals surface area contributed by atoms with Gasteiger partial charge in [-0.15, -0.1) is 10.2 Å². The van der Waals surface area contributed by atoms with E-state index in [0.29, 0.717) is 39.4 Å². The number of aromatic nitrogens is 3. The Morgan fingerprint density at radius 2 is 1.83 bits per heavy atom. The van der Waals surface area contributed by atoms with E-state index in [-0.39, 0.29) is 23.7 Å². The highest BCUT2D eigenvalue weighted by molar-refractivity contribution is 7.99. The van der Waals surface area contributed by atoms with E-state index < -0.39 is 12.0 Å². The van der Waals surface area contributed by atoms with Crippen LogP contribution >= 0.6 is 23.4 Å². The van der Waals surface area contributed by atoms with Gasteiger partial charge in [0.2, 0.25) is 5.91 Å². The van der Waals surface area contributed by atoms with E-state index >= 15 is 0 Å². The molecule has 2 N–H and O–H groups in total. The van der Waals surface area contributed by atoms with Gasteiger partial charge >= 0.3 is 5.97 Å². The quantitative estimate of drug-likeness (QED) is 0.288. The minimum Gasteiger partial charge on any atom is -0.459 e. The molecule has 11 heteroatoms. The second-order valence-electron chi connectivity index (χ2n) is 8.13. The van der Waals surface area contributed by atoms with Crippen molar-refractivity contribution in [3.05, 3.63) is 70.5 Å². The number of rotatable bonds is 10. The summed E-state index contributed by atoms with van der Waals surface area (Å²) in [6, 6.07) is 13.0. The second-order valence-corrected chi connectivity index (χ2v) is 9.48. The summed E-state index contributed by atoms with van der Waals surface area (Å²) in [4.78, 5) is 37.3. The Labute approximate surface area is 219 Å². The summed E-state index contributed by atoms with van der Waals surface area (Å²) in [5.74, 6) is -0.375. The first-order valence-electron chi connectivity index (χ1n) is 11.4. The third-order valence-corrected chi connectivity index (χ3v) is 6.27. The van der Waals surface area contributed by atoms with Crippen LogP contribution in [-0.4, -0.2) is 44.4 Å². The summed E-state index contributed by atoms with van der Waals surface area (Å²) in [5.41, 5.74) is 1.23. The molecule has 0 bridgehead atoms. The number of carbonyl (C=O) groups is 3. The zero-order chi connectivity index (χ0) is 26.2. The highest BCUT2D eigenvalue weighted by Crippen LogP contribution is 2.22. The fraction of sp³-hybridized carbons (Fsp3) is 0.320. The molecular weight excluding hydrogens is 502 g/mol. The molecule has 1 aromatic heterocycles. The number of carbonyl (C=O) groups excluding carboxylic acids is 3. The van der Waals surface area contributed by atoms with Crippen molar-refractivity contribution in [2.75, 3.05) is 11.1 Å². The maximum absolute atomic E-state index is 12.6. The number of esters is 1. The average molecular weight is 530 g/mol. The van der Waals surface area contributed by atoms with Gasteiger partial charge in [-0.05, 0) is 58.0 Å². The molecule has 0 spiro atoms. The molecule has 0 aliphatic heterocycles. The molecule has 2 amide bonds. The summed E-state index contributed by atoms with van der Waals surface area (Å²) >= 11 is 7.35. The van der Waals surface area contributed by atoms with Crippen molar-refractivity contribution in [1.82, 2.24) is 20.1 Å². The third-order valence-electron chi connectivity index (χ3n) is 4.97. The van der Waals surface area contributed by atoms with E-state index in [1.54, 1.807) is 62.4 Å². The van der Waals surface area contributed by atoms with Gasteiger partial charge in [-0.3, -0.25) is 9.59 Å². The predicted molar refractivity (Wildman–Crippen MR) is 139 cm³/mol. The van der Waals surface area contributed by atoms with Gasteiger partial charge in [-0.25, -0.2) is 4.79 Å². The fourth-order valence-electron chi connectivity index (χ4n) is 3.34. The van der Waals surface area contributed by atoms with Crippen LogP contribution < -0.4 is 10.6 Å². The van der Waals surface area contributed by atoms with Crippen LogP contribution in [0.25, 0.3) is 0 Å². The van der Waals surface area contributed by atoms with Crippen LogP contribution in [0.5, 0.6) is 0 Å². The Kier molecular flexibility index (Phi) is 9.49. The minimum absolute atomic E-state index is 0.0825. The van der Waals surface area contributed by atoms with E-state index in [1.165, 1.54) is 11.8 Å². The van der Waals surface area contributed by atoms with Crippen LogP contribution in [0.15, 0.2) is 53.7 Å². The normalized spacial score (nSPS) is 11.7. The Morgan fingerprint density at radius 1 is 1.08 bits per heavy atom. The molecule has 0 saturated heterocycles. The van der Waals surface area contributed by atoms with Crippen molar-refractivity contribution in [1.29, 1.82) is 0 Å². The summed E-state index contributed by atoms with van der Waals surface area (Å²) in [7, 11) is 0. The Morgan fingerprint density at radius 3 is 2.53 bits per heavy atom. The number of nitrogens with one attached hydrogen (secondary N) is 2. The first kappa shape index (κ1) is 27.2. The van der Waals surface area contributed by atoms with E-state index in [1.807, 2.05) is 18.4 Å². The van der Waals surface area contributed by atoms with Crippen molar-refractivity contribution in [2.45, 2.75) is 51.5 Å². The highest BCUT2D eigenvalue weighted by atomic mass is 35.5. The standard InChI is InChI=1S/C25H28ClN5O4S/c1-5-31-22(16(4)27-23(33)19-11-6-7-12-20(19)26)29-30-25(31)36-14-21(32)28-18-10-8-9-17(13-18)24(34)35-15(2)3/h6-13,15-16H,5,14H2,1-4H3,(H,27,33)(H,28,32)/t16-/m0/s1. The number of nitrogens with zero attached hydrogens (tertiary/aromatic N) is 3. The molecular formula is C25H28ClN5O4S. The third kappa shape index (κ3) is 7.08. The van der Waals surface area contributed by atoms with E-state index in [0.717, 1.165) is 0 Å². The van der Waals surface area contributed by atoms with Crippen LogP contribution in [0.4, 0.5) is 5.69 Å². The molecule has 0 saturated carbocycles. The first-order chi connectivity index (χ1) is 17.2. The maximum Gasteiger partial charge on any atom is 0.338 e. The number of hydrogen-bond acceptors (Lipinski definition) is 7. The molecule has 0 aliphatic rings. The molecule has 2 aromatic carbocycles. The number of thioether (sulfide) groups is 1. The zero-order valence-corrected chi connectivity index (χ0v) is 22.0. The molecule has 3 rings (SSSR count). The summed E-state index contributed by atoms with van der Waals surface area (Å²) < 4.78 is 7.04. The number of benzene rings is 2. The maximum atomic E-state index is 12.6. The topological polar surface area (TPSA) is 115 Å². The molecule has 1 heterocycles. The van der Waals surface area contributed by atoms with Crippen LogP contribution in [0, 0.1) is 0 Å². The van der Waals surface area contributed by atoms with Gasteiger partial charge < -0.3 is 19.9 Å². The lowest BCUT2D eigenvalue weighted by molar-refractivity contribution is -0.113. The molecule has 0 unspecified atom stereocenters. The smallest absolute Gasteiger partial charge is 0.338 e. The van der Waals surface area contributed by atoms with Gasteiger partial charge in [0.1, 0.15) is 0 Å². The Hall–Kier alpha value is -3.37. The Balaban J connectivity index is 1.61. The molecule has 0 fully saturated rings. The van der Waals surface area contributed by atoms with Crippen LogP contribution in [-0.2, 0) is 16.1 Å². The summed E-state index contributed by atoms with van der Waals surface area (Å²) in [5, 5.41) is 15.0. The lowest BCUT2D eigenvalue weighted by atomic mass is 10.2. The van der Waals surface area contributed by atoms with Crippen molar-refractivity contribution in [2.24, 2.45) is 0 Å². The number of hydrogen-bond donors (Lipinski definition) is 2.